The molecule has 0 aliphatic heterocycles. The van der Waals surface area contributed by atoms with Gasteiger partial charge in [-0.15, -0.1) is 0 Å². The van der Waals surface area contributed by atoms with E-state index in [2.05, 4.69) is 35.6 Å². The minimum absolute atomic E-state index is 0.639. The van der Waals surface area contributed by atoms with Gasteiger partial charge in [-0.1, -0.05) is 13.0 Å². The van der Waals surface area contributed by atoms with Gasteiger partial charge in [0.1, 0.15) is 0 Å². The van der Waals surface area contributed by atoms with E-state index in [1.54, 1.807) is 3.58 Å². The molecule has 0 nitrogen and oxygen atoms in total. The van der Waals surface area contributed by atoms with Gasteiger partial charge in [0.05, 0.1) is 0 Å². The summed E-state index contributed by atoms with van der Waals surface area (Å²) in [6.07, 6.45) is 6.68. The molecule has 1 fully saturated rings. The van der Waals surface area contributed by atoms with Crippen molar-refractivity contribution in [2.24, 2.45) is 11.3 Å². The number of hydrogen-bond acceptors (Lipinski definition) is 0. The second-order valence-corrected chi connectivity index (χ2v) is 4.60. The molecule has 0 aromatic rings. The standard InChI is InChI=1S/C8H11I/c1-8-5-4-6(8)2-3-7(8)9/h3,6H,2,4-5H2,1H3/t6-,8-/m0/s1. The van der Waals surface area contributed by atoms with Crippen LogP contribution in [-0.4, -0.2) is 0 Å². The van der Waals surface area contributed by atoms with Crippen molar-refractivity contribution in [1.29, 1.82) is 0 Å². The van der Waals surface area contributed by atoms with Gasteiger partial charge in [-0.25, -0.2) is 0 Å². The highest BCUT2D eigenvalue weighted by Gasteiger charge is 2.46. The van der Waals surface area contributed by atoms with Gasteiger partial charge in [0.2, 0.25) is 0 Å². The molecular formula is C8H11I. The Morgan fingerprint density at radius 2 is 2.56 bits per heavy atom. The molecule has 1 saturated carbocycles. The van der Waals surface area contributed by atoms with E-state index in [1.807, 2.05) is 0 Å². The molecular weight excluding hydrogens is 223 g/mol. The number of fused-ring (bicyclic) bond motifs is 1. The highest BCUT2D eigenvalue weighted by atomic mass is 127. The lowest BCUT2D eigenvalue weighted by Crippen LogP contribution is -2.33. The second-order valence-electron chi connectivity index (χ2n) is 3.44. The fraction of sp³-hybridized carbons (Fsp3) is 0.750. The lowest BCUT2D eigenvalue weighted by atomic mass is 9.64. The highest BCUT2D eigenvalue weighted by Crippen LogP contribution is 2.59. The molecule has 0 aromatic heterocycles. The largest absolute Gasteiger partial charge is 0.0743 e. The van der Waals surface area contributed by atoms with Crippen molar-refractivity contribution in [3.05, 3.63) is 9.66 Å². The van der Waals surface area contributed by atoms with Crippen molar-refractivity contribution in [3.8, 4) is 0 Å². The first kappa shape index (κ1) is 6.20. The topological polar surface area (TPSA) is 0 Å². The van der Waals surface area contributed by atoms with Crippen LogP contribution in [0.3, 0.4) is 0 Å². The Hall–Kier alpha value is 0.470. The summed E-state index contributed by atoms with van der Waals surface area (Å²) in [5.74, 6) is 1.02. The fourth-order valence-electron chi connectivity index (χ4n) is 1.95. The molecule has 2 aliphatic rings. The molecule has 0 N–H and O–H groups in total. The summed E-state index contributed by atoms with van der Waals surface area (Å²) in [5.41, 5.74) is 0.639. The Balaban J connectivity index is 2.29. The molecule has 0 saturated heterocycles. The van der Waals surface area contributed by atoms with Crippen LogP contribution in [0.15, 0.2) is 9.66 Å². The summed E-state index contributed by atoms with van der Waals surface area (Å²) in [5, 5.41) is 0. The maximum atomic E-state index is 2.50. The van der Waals surface area contributed by atoms with Gasteiger partial charge in [-0.3, -0.25) is 0 Å². The van der Waals surface area contributed by atoms with Gasteiger partial charge >= 0.3 is 0 Å². The second kappa shape index (κ2) is 1.74. The van der Waals surface area contributed by atoms with Crippen LogP contribution in [0, 0.1) is 11.3 Å². The number of halogens is 1. The Labute approximate surface area is 69.9 Å². The summed E-state index contributed by atoms with van der Waals surface area (Å²) in [7, 11) is 0. The summed E-state index contributed by atoms with van der Waals surface area (Å²) < 4.78 is 1.62. The summed E-state index contributed by atoms with van der Waals surface area (Å²) in [6.45, 7) is 2.41. The molecule has 0 unspecified atom stereocenters. The summed E-state index contributed by atoms with van der Waals surface area (Å²) in [4.78, 5) is 0. The average molecular weight is 234 g/mol. The normalized spacial score (nSPS) is 47.8. The summed E-state index contributed by atoms with van der Waals surface area (Å²) >= 11 is 2.50. The van der Waals surface area contributed by atoms with Gasteiger partial charge in [0.15, 0.2) is 0 Å². The summed E-state index contributed by atoms with van der Waals surface area (Å²) in [6, 6.07) is 0. The molecule has 0 radical (unpaired) electrons. The Bertz CT molecular complexity index is 171. The molecule has 2 atom stereocenters. The first-order chi connectivity index (χ1) is 4.23. The predicted octanol–water partition coefficient (Wildman–Crippen LogP) is 3.13. The fourth-order valence-corrected chi connectivity index (χ4v) is 2.92. The van der Waals surface area contributed by atoms with Gasteiger partial charge in [-0.2, -0.15) is 0 Å². The van der Waals surface area contributed by atoms with E-state index >= 15 is 0 Å². The SMILES string of the molecule is C[C@]12CC[C@@H]1CC=C2I. The predicted molar refractivity (Wildman–Crippen MR) is 47.6 cm³/mol. The highest BCUT2D eigenvalue weighted by molar-refractivity contribution is 14.1. The molecule has 0 aromatic carbocycles. The zero-order valence-electron chi connectivity index (χ0n) is 5.65. The third-order valence-corrected chi connectivity index (χ3v) is 4.71. The van der Waals surface area contributed by atoms with Crippen LogP contribution < -0.4 is 0 Å². The van der Waals surface area contributed by atoms with Crippen LogP contribution in [0.5, 0.6) is 0 Å². The van der Waals surface area contributed by atoms with Gasteiger partial charge in [0.25, 0.3) is 0 Å². The maximum Gasteiger partial charge on any atom is 0.00108 e. The van der Waals surface area contributed by atoms with Crippen molar-refractivity contribution in [3.63, 3.8) is 0 Å². The van der Waals surface area contributed by atoms with Gasteiger partial charge in [-0.05, 0) is 51.4 Å². The molecule has 0 heterocycles. The van der Waals surface area contributed by atoms with E-state index < -0.39 is 0 Å². The molecule has 9 heavy (non-hydrogen) atoms. The average Bonchev–Trinajstić information content (AvgIpc) is 1.96. The van der Waals surface area contributed by atoms with E-state index in [9.17, 15) is 0 Å². The lowest BCUT2D eigenvalue weighted by molar-refractivity contribution is 0.124. The smallest absolute Gasteiger partial charge is 0.00108 e. The zero-order chi connectivity index (χ0) is 6.48. The minimum Gasteiger partial charge on any atom is -0.0743 e. The molecule has 1 heteroatoms. The van der Waals surface area contributed by atoms with Crippen molar-refractivity contribution < 1.29 is 0 Å². The van der Waals surface area contributed by atoms with Crippen molar-refractivity contribution in [2.45, 2.75) is 26.2 Å². The number of hydrogen-bond donors (Lipinski definition) is 0. The molecule has 2 rings (SSSR count). The Morgan fingerprint density at radius 1 is 1.78 bits per heavy atom. The number of allylic oxidation sites excluding steroid dienone is 2. The molecule has 0 spiro atoms. The van der Waals surface area contributed by atoms with Gasteiger partial charge < -0.3 is 0 Å². The lowest BCUT2D eigenvalue weighted by Gasteiger charge is -2.43. The van der Waals surface area contributed by atoms with Crippen LogP contribution >= 0.6 is 22.6 Å². The van der Waals surface area contributed by atoms with Gasteiger partial charge in [0, 0.05) is 5.41 Å². The van der Waals surface area contributed by atoms with Crippen molar-refractivity contribution in [1.82, 2.24) is 0 Å². The Morgan fingerprint density at radius 3 is 2.78 bits per heavy atom. The van der Waals surface area contributed by atoms with E-state index in [4.69, 9.17) is 0 Å². The van der Waals surface area contributed by atoms with Crippen molar-refractivity contribution in [2.75, 3.05) is 0 Å². The molecule has 2 aliphatic carbocycles. The first-order valence-corrected chi connectivity index (χ1v) is 4.67. The van der Waals surface area contributed by atoms with Crippen LogP contribution in [0.2, 0.25) is 0 Å². The quantitative estimate of drug-likeness (QED) is 0.565. The Kier molecular flexibility index (Phi) is 1.20. The zero-order valence-corrected chi connectivity index (χ0v) is 7.81. The monoisotopic (exact) mass is 234 g/mol. The molecule has 0 bridgehead atoms. The minimum atomic E-state index is 0.639. The van der Waals surface area contributed by atoms with E-state index in [-0.39, 0.29) is 0 Å². The molecule has 50 valence electrons. The van der Waals surface area contributed by atoms with Crippen LogP contribution in [0.1, 0.15) is 26.2 Å². The molecule has 0 amide bonds. The maximum absolute atomic E-state index is 2.50. The van der Waals surface area contributed by atoms with E-state index in [0.29, 0.717) is 5.41 Å². The van der Waals surface area contributed by atoms with Crippen molar-refractivity contribution >= 4 is 22.6 Å². The third-order valence-electron chi connectivity index (χ3n) is 3.04. The van der Waals surface area contributed by atoms with Crippen LogP contribution in [-0.2, 0) is 0 Å². The first-order valence-electron chi connectivity index (χ1n) is 3.59. The third kappa shape index (κ3) is 0.644. The van der Waals surface area contributed by atoms with Crippen LogP contribution in [0.4, 0.5) is 0 Å². The van der Waals surface area contributed by atoms with E-state index in [0.717, 1.165) is 5.92 Å². The van der Waals surface area contributed by atoms with Crippen LogP contribution in [0.25, 0.3) is 0 Å². The number of rotatable bonds is 0. The van der Waals surface area contributed by atoms with E-state index in [1.165, 1.54) is 19.3 Å².